The van der Waals surface area contributed by atoms with E-state index in [0.717, 1.165) is 19.5 Å². The number of nitrogens with one attached hydrogen (secondary N) is 1. The molecule has 4 nitrogen and oxygen atoms in total. The van der Waals surface area contributed by atoms with Crippen LogP contribution in [0.5, 0.6) is 0 Å². The first-order valence-electron chi connectivity index (χ1n) is 7.20. The van der Waals surface area contributed by atoms with Crippen LogP contribution < -0.4 is 5.32 Å². The standard InChI is InChI=1S/C14H31N3O/c1-14(2,18-4)6-8-15-7-5-9-17-12-10-16(3)11-13-17/h15H,5-13H2,1-4H3. The van der Waals surface area contributed by atoms with Crippen LogP contribution in [0.1, 0.15) is 26.7 Å². The van der Waals surface area contributed by atoms with Crippen LogP contribution in [0, 0.1) is 0 Å². The summed E-state index contributed by atoms with van der Waals surface area (Å²) in [5.41, 5.74) is 0.00442. The van der Waals surface area contributed by atoms with Crippen molar-refractivity contribution >= 4 is 0 Å². The number of rotatable bonds is 8. The van der Waals surface area contributed by atoms with Gasteiger partial charge in [0.05, 0.1) is 5.60 Å². The third kappa shape index (κ3) is 6.69. The zero-order valence-electron chi connectivity index (χ0n) is 12.7. The van der Waals surface area contributed by atoms with E-state index in [1.807, 2.05) is 0 Å². The van der Waals surface area contributed by atoms with E-state index in [2.05, 4.69) is 36.0 Å². The van der Waals surface area contributed by atoms with Crippen molar-refractivity contribution in [2.75, 3.05) is 60.0 Å². The van der Waals surface area contributed by atoms with Gasteiger partial charge in [0.25, 0.3) is 0 Å². The number of hydrogen-bond acceptors (Lipinski definition) is 4. The predicted octanol–water partition coefficient (Wildman–Crippen LogP) is 1.03. The maximum atomic E-state index is 5.40. The van der Waals surface area contributed by atoms with Gasteiger partial charge in [0.2, 0.25) is 0 Å². The Hall–Kier alpha value is -0.160. The summed E-state index contributed by atoms with van der Waals surface area (Å²) in [4.78, 5) is 4.97. The quantitative estimate of drug-likeness (QED) is 0.657. The lowest BCUT2D eigenvalue weighted by atomic mass is 10.1. The molecule has 1 N–H and O–H groups in total. The van der Waals surface area contributed by atoms with Crippen molar-refractivity contribution in [3.8, 4) is 0 Å². The largest absolute Gasteiger partial charge is 0.379 e. The maximum absolute atomic E-state index is 5.40. The molecule has 0 aromatic heterocycles. The van der Waals surface area contributed by atoms with Crippen molar-refractivity contribution in [3.63, 3.8) is 0 Å². The lowest BCUT2D eigenvalue weighted by Crippen LogP contribution is -2.45. The molecule has 0 aliphatic carbocycles. The van der Waals surface area contributed by atoms with Gasteiger partial charge in [-0.25, -0.2) is 0 Å². The molecule has 18 heavy (non-hydrogen) atoms. The Morgan fingerprint density at radius 2 is 1.78 bits per heavy atom. The van der Waals surface area contributed by atoms with Gasteiger partial charge in [-0.3, -0.25) is 0 Å². The minimum absolute atomic E-state index is 0.00442. The molecule has 1 aliphatic rings. The first-order valence-corrected chi connectivity index (χ1v) is 7.20. The van der Waals surface area contributed by atoms with E-state index < -0.39 is 0 Å². The van der Waals surface area contributed by atoms with E-state index in [9.17, 15) is 0 Å². The zero-order valence-corrected chi connectivity index (χ0v) is 12.7. The van der Waals surface area contributed by atoms with Crippen LogP contribution in [-0.4, -0.2) is 75.4 Å². The second kappa shape index (κ2) is 8.10. The third-order valence-electron chi connectivity index (χ3n) is 3.88. The maximum Gasteiger partial charge on any atom is 0.0634 e. The molecule has 0 saturated carbocycles. The molecule has 4 heteroatoms. The normalized spacial score (nSPS) is 19.3. The summed E-state index contributed by atoms with van der Waals surface area (Å²) in [5.74, 6) is 0. The smallest absolute Gasteiger partial charge is 0.0634 e. The lowest BCUT2D eigenvalue weighted by molar-refractivity contribution is 0.0159. The van der Waals surface area contributed by atoms with E-state index in [0.29, 0.717) is 0 Å². The molecule has 0 aromatic rings. The minimum Gasteiger partial charge on any atom is -0.379 e. The molecule has 1 heterocycles. The highest BCUT2D eigenvalue weighted by atomic mass is 16.5. The van der Waals surface area contributed by atoms with Gasteiger partial charge < -0.3 is 19.9 Å². The van der Waals surface area contributed by atoms with Gasteiger partial charge in [-0.05, 0) is 53.4 Å². The van der Waals surface area contributed by atoms with Crippen molar-refractivity contribution in [2.45, 2.75) is 32.3 Å². The monoisotopic (exact) mass is 257 g/mol. The molecule has 0 unspecified atom stereocenters. The average molecular weight is 257 g/mol. The van der Waals surface area contributed by atoms with E-state index in [1.54, 1.807) is 7.11 Å². The van der Waals surface area contributed by atoms with Gasteiger partial charge in [-0.15, -0.1) is 0 Å². The molecule has 0 aromatic carbocycles. The molecular formula is C14H31N3O. The van der Waals surface area contributed by atoms with Crippen molar-refractivity contribution < 1.29 is 4.74 Å². The molecule has 0 amide bonds. The Labute approximate surface area is 113 Å². The molecule has 1 saturated heterocycles. The molecule has 1 aliphatic heterocycles. The number of nitrogens with zero attached hydrogens (tertiary/aromatic N) is 2. The first-order chi connectivity index (χ1) is 8.53. The van der Waals surface area contributed by atoms with E-state index in [1.165, 1.54) is 39.1 Å². The van der Waals surface area contributed by atoms with Crippen LogP contribution in [0.4, 0.5) is 0 Å². The fourth-order valence-corrected chi connectivity index (χ4v) is 2.12. The fourth-order valence-electron chi connectivity index (χ4n) is 2.12. The van der Waals surface area contributed by atoms with Crippen molar-refractivity contribution in [3.05, 3.63) is 0 Å². The van der Waals surface area contributed by atoms with Crippen LogP contribution in [0.25, 0.3) is 0 Å². The van der Waals surface area contributed by atoms with Crippen LogP contribution in [-0.2, 0) is 4.74 Å². The Bertz CT molecular complexity index is 213. The summed E-state index contributed by atoms with van der Waals surface area (Å²) in [7, 11) is 3.99. The van der Waals surface area contributed by atoms with Gasteiger partial charge in [-0.1, -0.05) is 0 Å². The molecule has 0 atom stereocenters. The van der Waals surface area contributed by atoms with Crippen molar-refractivity contribution in [1.82, 2.24) is 15.1 Å². The summed E-state index contributed by atoms with van der Waals surface area (Å²) in [5, 5.41) is 3.51. The van der Waals surface area contributed by atoms with Crippen LogP contribution in [0.15, 0.2) is 0 Å². The first kappa shape index (κ1) is 15.9. The highest BCUT2D eigenvalue weighted by Gasteiger charge is 2.15. The van der Waals surface area contributed by atoms with E-state index in [-0.39, 0.29) is 5.60 Å². The highest BCUT2D eigenvalue weighted by Crippen LogP contribution is 2.11. The summed E-state index contributed by atoms with van der Waals surface area (Å²) < 4.78 is 5.40. The van der Waals surface area contributed by atoms with Gasteiger partial charge in [-0.2, -0.15) is 0 Å². The lowest BCUT2D eigenvalue weighted by Gasteiger charge is -2.32. The molecule has 1 fully saturated rings. The number of hydrogen-bond donors (Lipinski definition) is 1. The molecule has 0 bridgehead atoms. The summed E-state index contributed by atoms with van der Waals surface area (Å²) in [6, 6.07) is 0. The summed E-state index contributed by atoms with van der Waals surface area (Å²) >= 11 is 0. The van der Waals surface area contributed by atoms with E-state index in [4.69, 9.17) is 4.74 Å². The minimum atomic E-state index is 0.00442. The summed E-state index contributed by atoms with van der Waals surface area (Å²) in [6.07, 6.45) is 2.31. The second-order valence-corrected chi connectivity index (χ2v) is 5.96. The summed E-state index contributed by atoms with van der Waals surface area (Å²) in [6.45, 7) is 12.6. The number of likely N-dealkylation sites (N-methyl/N-ethyl adjacent to an activating group) is 1. The third-order valence-corrected chi connectivity index (χ3v) is 3.88. The van der Waals surface area contributed by atoms with Gasteiger partial charge in [0.15, 0.2) is 0 Å². The molecule has 1 rings (SSSR count). The number of methoxy groups -OCH3 is 1. The highest BCUT2D eigenvalue weighted by molar-refractivity contribution is 4.71. The molecular weight excluding hydrogens is 226 g/mol. The topological polar surface area (TPSA) is 27.7 Å². The van der Waals surface area contributed by atoms with E-state index >= 15 is 0 Å². The number of ether oxygens (including phenoxy) is 1. The predicted molar refractivity (Wildman–Crippen MR) is 77.1 cm³/mol. The SMILES string of the molecule is COC(C)(C)CCNCCCN1CCN(C)CC1. The fraction of sp³-hybridized carbons (Fsp3) is 1.00. The Balaban J connectivity index is 1.93. The van der Waals surface area contributed by atoms with Crippen LogP contribution >= 0.6 is 0 Å². The van der Waals surface area contributed by atoms with Gasteiger partial charge in [0, 0.05) is 33.3 Å². The second-order valence-electron chi connectivity index (χ2n) is 5.96. The van der Waals surface area contributed by atoms with Gasteiger partial charge >= 0.3 is 0 Å². The Kier molecular flexibility index (Phi) is 7.15. The molecule has 108 valence electrons. The Morgan fingerprint density at radius 1 is 1.11 bits per heavy atom. The Morgan fingerprint density at radius 3 is 2.39 bits per heavy atom. The molecule has 0 spiro atoms. The van der Waals surface area contributed by atoms with Gasteiger partial charge in [0.1, 0.15) is 0 Å². The average Bonchev–Trinajstić information content (AvgIpc) is 2.36. The molecule has 0 radical (unpaired) electrons. The van der Waals surface area contributed by atoms with Crippen LogP contribution in [0.3, 0.4) is 0 Å². The van der Waals surface area contributed by atoms with Crippen molar-refractivity contribution in [2.24, 2.45) is 0 Å². The zero-order chi connectivity index (χ0) is 13.4. The number of piperazine rings is 1. The van der Waals surface area contributed by atoms with Crippen molar-refractivity contribution in [1.29, 1.82) is 0 Å². The van der Waals surface area contributed by atoms with Crippen LogP contribution in [0.2, 0.25) is 0 Å².